The lowest BCUT2D eigenvalue weighted by molar-refractivity contribution is 0.0374. The van der Waals surface area contributed by atoms with Crippen molar-refractivity contribution in [2.45, 2.75) is 24.7 Å². The molecule has 1 aliphatic rings. The fraction of sp³-hybridized carbons (Fsp3) is 0.667. The van der Waals surface area contributed by atoms with Crippen LogP contribution in [0.2, 0.25) is 0 Å². The van der Waals surface area contributed by atoms with Gasteiger partial charge in [0.25, 0.3) is 0 Å². The van der Waals surface area contributed by atoms with E-state index in [-0.39, 0.29) is 0 Å². The maximum Gasteiger partial charge on any atom is 0.114 e. The van der Waals surface area contributed by atoms with Gasteiger partial charge in [0, 0.05) is 29.2 Å². The molecule has 0 radical (unpaired) electrons. The van der Waals surface area contributed by atoms with Gasteiger partial charge in [0.2, 0.25) is 0 Å². The van der Waals surface area contributed by atoms with E-state index in [0.29, 0.717) is 5.41 Å². The van der Waals surface area contributed by atoms with Crippen LogP contribution in [0.1, 0.15) is 18.6 Å². The van der Waals surface area contributed by atoms with Gasteiger partial charge in [0.1, 0.15) is 5.76 Å². The topological polar surface area (TPSA) is 22.4 Å². The molecule has 1 aromatic heterocycles. The Hall–Kier alpha value is 0.0700. The number of hydrogen-bond acceptors (Lipinski definition) is 3. The van der Waals surface area contributed by atoms with E-state index in [0.717, 1.165) is 42.9 Å². The third-order valence-electron chi connectivity index (χ3n) is 3.18. The van der Waals surface area contributed by atoms with Crippen molar-refractivity contribution in [1.29, 1.82) is 0 Å². The molecule has 1 fully saturated rings. The van der Waals surface area contributed by atoms with E-state index in [4.69, 9.17) is 9.15 Å². The van der Waals surface area contributed by atoms with Gasteiger partial charge in [0.05, 0.1) is 6.26 Å². The first kappa shape index (κ1) is 12.5. The Kier molecular flexibility index (Phi) is 4.39. The van der Waals surface area contributed by atoms with E-state index in [1.54, 1.807) is 6.26 Å². The number of aryl methyl sites for hydroxylation is 1. The van der Waals surface area contributed by atoms with Crippen LogP contribution in [0.15, 0.2) is 21.6 Å². The van der Waals surface area contributed by atoms with Gasteiger partial charge in [-0.1, -0.05) is 15.9 Å². The monoisotopic (exact) mass is 304 g/mol. The highest BCUT2D eigenvalue weighted by Crippen LogP contribution is 2.38. The van der Waals surface area contributed by atoms with Crippen LogP contribution < -0.4 is 0 Å². The van der Waals surface area contributed by atoms with Crippen molar-refractivity contribution in [3.8, 4) is 0 Å². The van der Waals surface area contributed by atoms with Crippen molar-refractivity contribution in [2.75, 3.05) is 24.3 Å². The molecule has 0 atom stereocenters. The van der Waals surface area contributed by atoms with Crippen molar-refractivity contribution in [1.82, 2.24) is 0 Å². The number of halogens is 1. The number of furan rings is 1. The van der Waals surface area contributed by atoms with Gasteiger partial charge in [-0.2, -0.15) is 0 Å². The lowest BCUT2D eigenvalue weighted by atomic mass is 9.85. The Morgan fingerprint density at radius 2 is 2.19 bits per heavy atom. The fourth-order valence-corrected chi connectivity index (χ4v) is 4.15. The van der Waals surface area contributed by atoms with Crippen molar-refractivity contribution >= 4 is 27.7 Å². The van der Waals surface area contributed by atoms with Crippen molar-refractivity contribution in [3.05, 3.63) is 18.1 Å². The molecule has 4 heteroatoms. The quantitative estimate of drug-likeness (QED) is 0.623. The molecule has 0 aromatic carbocycles. The Morgan fingerprint density at radius 1 is 1.44 bits per heavy atom. The van der Waals surface area contributed by atoms with E-state index >= 15 is 0 Å². The van der Waals surface area contributed by atoms with E-state index in [1.807, 2.05) is 18.7 Å². The summed E-state index contributed by atoms with van der Waals surface area (Å²) in [5.41, 5.74) is 0.395. The average molecular weight is 305 g/mol. The zero-order chi connectivity index (χ0) is 11.4. The number of ether oxygens (including phenoxy) is 1. The minimum absolute atomic E-state index is 0.395. The molecule has 1 saturated heterocycles. The Balaban J connectivity index is 1.94. The summed E-state index contributed by atoms with van der Waals surface area (Å²) >= 11 is 5.56. The largest absolute Gasteiger partial charge is 0.468 e. The summed E-state index contributed by atoms with van der Waals surface area (Å²) in [6.45, 7) is 3.82. The van der Waals surface area contributed by atoms with Crippen molar-refractivity contribution in [3.63, 3.8) is 0 Å². The summed E-state index contributed by atoms with van der Waals surface area (Å²) < 4.78 is 10.8. The number of alkyl halides is 1. The van der Waals surface area contributed by atoms with E-state index < -0.39 is 0 Å². The third-order valence-corrected chi connectivity index (χ3v) is 5.86. The van der Waals surface area contributed by atoms with Gasteiger partial charge in [-0.15, -0.1) is 11.8 Å². The molecule has 0 N–H and O–H groups in total. The SMILES string of the molecule is Cc1occc1SCC1(CBr)CCOCC1. The average Bonchev–Trinajstić information content (AvgIpc) is 2.74. The normalized spacial score (nSPS) is 19.9. The smallest absolute Gasteiger partial charge is 0.114 e. The molecule has 16 heavy (non-hydrogen) atoms. The van der Waals surface area contributed by atoms with Crippen LogP contribution in [0, 0.1) is 12.3 Å². The molecule has 1 aromatic rings. The van der Waals surface area contributed by atoms with Crippen molar-refractivity contribution < 1.29 is 9.15 Å². The first-order valence-electron chi connectivity index (χ1n) is 5.56. The molecule has 2 nitrogen and oxygen atoms in total. The summed E-state index contributed by atoms with van der Waals surface area (Å²) in [7, 11) is 0. The van der Waals surface area contributed by atoms with Crippen LogP contribution in [0.3, 0.4) is 0 Å². The molecule has 0 aliphatic carbocycles. The molecule has 2 heterocycles. The molecular formula is C12H17BrO2S. The molecule has 0 amide bonds. The minimum Gasteiger partial charge on any atom is -0.468 e. The maximum atomic E-state index is 5.44. The molecule has 0 spiro atoms. The fourth-order valence-electron chi connectivity index (χ4n) is 1.87. The number of rotatable bonds is 4. The highest BCUT2D eigenvalue weighted by Gasteiger charge is 2.31. The van der Waals surface area contributed by atoms with Crippen LogP contribution in [-0.2, 0) is 4.74 Å². The van der Waals surface area contributed by atoms with Gasteiger partial charge in [0.15, 0.2) is 0 Å². The molecule has 2 rings (SSSR count). The Bertz CT molecular complexity index is 332. The van der Waals surface area contributed by atoms with E-state index in [9.17, 15) is 0 Å². The summed E-state index contributed by atoms with van der Waals surface area (Å²) in [5, 5.41) is 1.06. The molecular weight excluding hydrogens is 288 g/mol. The Labute approximate surface area is 109 Å². The summed E-state index contributed by atoms with van der Waals surface area (Å²) in [5.74, 6) is 2.17. The maximum absolute atomic E-state index is 5.44. The summed E-state index contributed by atoms with van der Waals surface area (Å²) in [4.78, 5) is 1.27. The lowest BCUT2D eigenvalue weighted by Crippen LogP contribution is -2.33. The van der Waals surface area contributed by atoms with Gasteiger partial charge in [-0.25, -0.2) is 0 Å². The molecule has 0 bridgehead atoms. The first-order chi connectivity index (χ1) is 7.76. The second-order valence-electron chi connectivity index (χ2n) is 4.38. The van der Waals surface area contributed by atoms with Gasteiger partial charge < -0.3 is 9.15 Å². The second kappa shape index (κ2) is 5.61. The third kappa shape index (κ3) is 2.84. The van der Waals surface area contributed by atoms with Crippen LogP contribution in [0.4, 0.5) is 0 Å². The number of hydrogen-bond donors (Lipinski definition) is 0. The van der Waals surface area contributed by atoms with Crippen LogP contribution in [-0.4, -0.2) is 24.3 Å². The van der Waals surface area contributed by atoms with Crippen LogP contribution in [0.5, 0.6) is 0 Å². The zero-order valence-corrected chi connectivity index (χ0v) is 11.9. The molecule has 0 saturated carbocycles. The summed E-state index contributed by atoms with van der Waals surface area (Å²) in [6, 6.07) is 2.06. The van der Waals surface area contributed by atoms with Gasteiger partial charge in [-0.3, -0.25) is 0 Å². The number of thioether (sulfide) groups is 1. The molecule has 0 unspecified atom stereocenters. The highest BCUT2D eigenvalue weighted by atomic mass is 79.9. The predicted octanol–water partition coefficient (Wildman–Crippen LogP) is 3.87. The molecule has 1 aliphatic heterocycles. The van der Waals surface area contributed by atoms with Crippen LogP contribution >= 0.6 is 27.7 Å². The highest BCUT2D eigenvalue weighted by molar-refractivity contribution is 9.09. The minimum atomic E-state index is 0.395. The zero-order valence-electron chi connectivity index (χ0n) is 9.50. The Morgan fingerprint density at radius 3 is 2.75 bits per heavy atom. The van der Waals surface area contributed by atoms with Crippen LogP contribution in [0.25, 0.3) is 0 Å². The second-order valence-corrected chi connectivity index (χ2v) is 5.95. The lowest BCUT2D eigenvalue weighted by Gasteiger charge is -2.35. The first-order valence-corrected chi connectivity index (χ1v) is 7.67. The van der Waals surface area contributed by atoms with E-state index in [1.165, 1.54) is 4.90 Å². The predicted molar refractivity (Wildman–Crippen MR) is 70.4 cm³/mol. The van der Waals surface area contributed by atoms with Gasteiger partial charge >= 0.3 is 0 Å². The summed E-state index contributed by atoms with van der Waals surface area (Å²) in [6.07, 6.45) is 4.08. The van der Waals surface area contributed by atoms with E-state index in [2.05, 4.69) is 22.0 Å². The van der Waals surface area contributed by atoms with Crippen molar-refractivity contribution in [2.24, 2.45) is 5.41 Å². The standard InChI is InChI=1S/C12H17BrO2S/c1-10-11(2-5-15-10)16-9-12(8-13)3-6-14-7-4-12/h2,5H,3-4,6-9H2,1H3. The molecule has 90 valence electrons. The van der Waals surface area contributed by atoms with Gasteiger partial charge in [-0.05, 0) is 31.2 Å².